The van der Waals surface area contributed by atoms with Crippen LogP contribution in [0.5, 0.6) is 0 Å². The number of thiophene rings is 1. The lowest BCUT2D eigenvalue weighted by Gasteiger charge is -2.30. The maximum atomic E-state index is 12.3. The van der Waals surface area contributed by atoms with E-state index in [-0.39, 0.29) is 25.3 Å². The van der Waals surface area contributed by atoms with Crippen molar-refractivity contribution in [3.05, 3.63) is 57.2 Å². The number of rotatable bonds is 8. The van der Waals surface area contributed by atoms with Crippen LogP contribution in [-0.4, -0.2) is 29.4 Å². The van der Waals surface area contributed by atoms with E-state index in [4.69, 9.17) is 11.6 Å². The number of aliphatic carboxylic acids is 1. The van der Waals surface area contributed by atoms with Gasteiger partial charge in [-0.1, -0.05) is 30.7 Å². The summed E-state index contributed by atoms with van der Waals surface area (Å²) in [6.45, 7) is 1.79. The van der Waals surface area contributed by atoms with Gasteiger partial charge in [-0.3, -0.25) is 9.59 Å². The second kappa shape index (κ2) is 8.82. The van der Waals surface area contributed by atoms with E-state index >= 15 is 0 Å². The molecule has 0 bridgehead atoms. The fourth-order valence-electron chi connectivity index (χ4n) is 2.51. The van der Waals surface area contributed by atoms with Gasteiger partial charge in [-0.15, -0.1) is 0 Å². The zero-order chi connectivity index (χ0) is 19.2. The summed E-state index contributed by atoms with van der Waals surface area (Å²) >= 11 is 7.26. The van der Waals surface area contributed by atoms with Crippen molar-refractivity contribution < 1.29 is 19.5 Å². The van der Waals surface area contributed by atoms with Gasteiger partial charge in [0.1, 0.15) is 0 Å². The highest BCUT2D eigenvalue weighted by Gasteiger charge is 2.40. The molecule has 0 aliphatic carbocycles. The van der Waals surface area contributed by atoms with Crippen LogP contribution in [0.15, 0.2) is 41.1 Å². The molecule has 1 heterocycles. The average molecular weight is 395 g/mol. The largest absolute Gasteiger partial charge is 0.479 e. The minimum Gasteiger partial charge on any atom is -0.479 e. The summed E-state index contributed by atoms with van der Waals surface area (Å²) in [5.41, 5.74) is -0.573. The molecule has 2 amide bonds. The fraction of sp³-hybridized carbons (Fsp3) is 0.278. The number of hydrogen-bond acceptors (Lipinski definition) is 4. The Kier molecular flexibility index (Phi) is 6.76. The number of carboxylic acids is 1. The summed E-state index contributed by atoms with van der Waals surface area (Å²) in [5.74, 6) is -1.88. The molecular weight excluding hydrogens is 376 g/mol. The summed E-state index contributed by atoms with van der Waals surface area (Å²) in [7, 11) is 0. The molecule has 6 nitrogen and oxygen atoms in total. The Hall–Kier alpha value is -2.38. The van der Waals surface area contributed by atoms with Crippen LogP contribution in [0, 0.1) is 0 Å². The maximum absolute atomic E-state index is 12.3. The van der Waals surface area contributed by atoms with Crippen molar-refractivity contribution in [3.8, 4) is 0 Å². The quantitative estimate of drug-likeness (QED) is 0.641. The lowest BCUT2D eigenvalue weighted by Crippen LogP contribution is -2.52. The van der Waals surface area contributed by atoms with Crippen molar-refractivity contribution in [3.63, 3.8) is 0 Å². The first-order valence-electron chi connectivity index (χ1n) is 8.00. The summed E-state index contributed by atoms with van der Waals surface area (Å²) < 4.78 is 0. The molecule has 1 unspecified atom stereocenters. The molecule has 0 saturated heterocycles. The fourth-order valence-corrected chi connectivity index (χ4v) is 3.27. The lowest BCUT2D eigenvalue weighted by atomic mass is 9.87. The normalized spacial score (nSPS) is 12.8. The van der Waals surface area contributed by atoms with E-state index in [1.54, 1.807) is 48.0 Å². The van der Waals surface area contributed by atoms with Gasteiger partial charge in [0.15, 0.2) is 5.54 Å². The SMILES string of the molecule is CCC(NC(=O)CCNC(=O)c1ccsc1)(C(=O)O)c1ccc(Cl)cc1. The second-order valence-electron chi connectivity index (χ2n) is 5.64. The molecule has 1 aromatic carbocycles. The number of carboxylic acid groups (broad SMARTS) is 1. The van der Waals surface area contributed by atoms with Crippen LogP contribution in [0.1, 0.15) is 35.7 Å². The molecule has 2 aromatic rings. The van der Waals surface area contributed by atoms with Gasteiger partial charge < -0.3 is 15.7 Å². The van der Waals surface area contributed by atoms with Crippen molar-refractivity contribution in [1.82, 2.24) is 10.6 Å². The molecule has 0 fully saturated rings. The third-order valence-corrected chi connectivity index (χ3v) is 4.94. The Morgan fingerprint density at radius 1 is 1.19 bits per heavy atom. The van der Waals surface area contributed by atoms with Crippen LogP contribution in [0.3, 0.4) is 0 Å². The summed E-state index contributed by atoms with van der Waals surface area (Å²) in [5, 5.41) is 18.9. The number of hydrogen-bond donors (Lipinski definition) is 3. The molecular formula is C18H19ClN2O4S. The predicted octanol–water partition coefficient (Wildman–Crippen LogP) is 3.03. The van der Waals surface area contributed by atoms with E-state index in [9.17, 15) is 19.5 Å². The molecule has 1 atom stereocenters. The Morgan fingerprint density at radius 2 is 1.88 bits per heavy atom. The van der Waals surface area contributed by atoms with Gasteiger partial charge in [0.25, 0.3) is 5.91 Å². The minimum atomic E-state index is -1.54. The van der Waals surface area contributed by atoms with E-state index < -0.39 is 17.4 Å². The first kappa shape index (κ1) is 19.9. The summed E-state index contributed by atoms with van der Waals surface area (Å²) in [6.07, 6.45) is 0.134. The molecule has 8 heteroatoms. The van der Waals surface area contributed by atoms with E-state index in [0.717, 1.165) is 0 Å². The zero-order valence-electron chi connectivity index (χ0n) is 14.1. The van der Waals surface area contributed by atoms with E-state index in [1.807, 2.05) is 0 Å². The first-order valence-corrected chi connectivity index (χ1v) is 9.32. The van der Waals surface area contributed by atoms with Crippen molar-refractivity contribution in [1.29, 1.82) is 0 Å². The highest BCUT2D eigenvalue weighted by molar-refractivity contribution is 7.08. The van der Waals surface area contributed by atoms with Crippen LogP contribution in [-0.2, 0) is 15.1 Å². The van der Waals surface area contributed by atoms with E-state index in [2.05, 4.69) is 10.6 Å². The molecule has 0 radical (unpaired) electrons. The summed E-state index contributed by atoms with van der Waals surface area (Å²) in [6, 6.07) is 8.01. The number of carbonyl (C=O) groups is 3. The van der Waals surface area contributed by atoms with Crippen LogP contribution < -0.4 is 10.6 Å². The Labute approximate surface area is 160 Å². The highest BCUT2D eigenvalue weighted by atomic mass is 35.5. The van der Waals surface area contributed by atoms with Crippen molar-refractivity contribution >= 4 is 40.7 Å². The average Bonchev–Trinajstić information content (AvgIpc) is 3.15. The van der Waals surface area contributed by atoms with Gasteiger partial charge in [0, 0.05) is 28.9 Å². The van der Waals surface area contributed by atoms with Crippen molar-refractivity contribution in [2.45, 2.75) is 25.3 Å². The topological polar surface area (TPSA) is 95.5 Å². The van der Waals surface area contributed by atoms with Gasteiger partial charge in [-0.05, 0) is 35.6 Å². The first-order chi connectivity index (χ1) is 12.4. The molecule has 1 aromatic heterocycles. The maximum Gasteiger partial charge on any atom is 0.334 e. The van der Waals surface area contributed by atoms with Gasteiger partial charge in [-0.25, -0.2) is 4.79 Å². The second-order valence-corrected chi connectivity index (χ2v) is 6.85. The standard InChI is InChI=1S/C18H19ClN2O4S/c1-2-18(17(24)25,13-3-5-14(19)6-4-13)21-15(22)7-9-20-16(23)12-8-10-26-11-12/h3-6,8,10-11H,2,7,9H2,1H3,(H,20,23)(H,21,22)(H,24,25). The Morgan fingerprint density at radius 3 is 2.42 bits per heavy atom. The van der Waals surface area contributed by atoms with Crippen molar-refractivity contribution in [2.24, 2.45) is 0 Å². The predicted molar refractivity (Wildman–Crippen MR) is 100 cm³/mol. The van der Waals surface area contributed by atoms with E-state index in [0.29, 0.717) is 16.1 Å². The van der Waals surface area contributed by atoms with Gasteiger partial charge >= 0.3 is 5.97 Å². The highest BCUT2D eigenvalue weighted by Crippen LogP contribution is 2.27. The molecule has 2 rings (SSSR count). The number of benzene rings is 1. The van der Waals surface area contributed by atoms with E-state index in [1.165, 1.54) is 11.3 Å². The van der Waals surface area contributed by atoms with Gasteiger partial charge in [-0.2, -0.15) is 11.3 Å². The van der Waals surface area contributed by atoms with Gasteiger partial charge in [0.2, 0.25) is 5.91 Å². The zero-order valence-corrected chi connectivity index (χ0v) is 15.7. The minimum absolute atomic E-state index is 0.0293. The molecule has 0 saturated carbocycles. The summed E-state index contributed by atoms with van der Waals surface area (Å²) in [4.78, 5) is 36.0. The van der Waals surface area contributed by atoms with Gasteiger partial charge in [0.05, 0.1) is 0 Å². The van der Waals surface area contributed by atoms with Crippen LogP contribution in [0.2, 0.25) is 5.02 Å². The number of amides is 2. The third-order valence-electron chi connectivity index (χ3n) is 4.01. The molecule has 138 valence electrons. The smallest absolute Gasteiger partial charge is 0.334 e. The Bertz CT molecular complexity index is 777. The molecule has 0 spiro atoms. The van der Waals surface area contributed by atoms with Crippen molar-refractivity contribution in [2.75, 3.05) is 6.54 Å². The number of carbonyl (C=O) groups excluding carboxylic acids is 2. The van der Waals surface area contributed by atoms with Crippen LogP contribution in [0.4, 0.5) is 0 Å². The molecule has 0 aliphatic rings. The Balaban J connectivity index is 2.01. The third kappa shape index (κ3) is 4.62. The molecule has 3 N–H and O–H groups in total. The number of nitrogens with one attached hydrogen (secondary N) is 2. The van der Waals surface area contributed by atoms with Crippen LogP contribution >= 0.6 is 22.9 Å². The van der Waals surface area contributed by atoms with Crippen LogP contribution in [0.25, 0.3) is 0 Å². The monoisotopic (exact) mass is 394 g/mol. The lowest BCUT2D eigenvalue weighted by molar-refractivity contribution is -0.148. The number of halogens is 1. The molecule has 26 heavy (non-hydrogen) atoms. The molecule has 0 aliphatic heterocycles.